The molecule has 1 aromatic carbocycles. The third-order valence-corrected chi connectivity index (χ3v) is 6.47. The summed E-state index contributed by atoms with van der Waals surface area (Å²) in [4.78, 5) is 28.8. The maximum absolute atomic E-state index is 5.93. The van der Waals surface area contributed by atoms with Crippen molar-refractivity contribution in [1.29, 1.82) is 0 Å². The SMILES string of the molecule is Cc1cccc(-c2ccnc3nc(-c4n[nH]c5ccc(-c6cncc(N7CC(N)C7)n6)nc45)[nH]c23)c1. The molecule has 4 N–H and O–H groups in total. The molecule has 7 rings (SSSR count). The molecule has 5 aromatic heterocycles. The number of nitrogens with one attached hydrogen (secondary N) is 2. The van der Waals surface area contributed by atoms with Crippen LogP contribution in [0.3, 0.4) is 0 Å². The van der Waals surface area contributed by atoms with Crippen LogP contribution in [0, 0.1) is 6.92 Å². The van der Waals surface area contributed by atoms with Gasteiger partial charge in [-0.25, -0.2) is 19.9 Å². The van der Waals surface area contributed by atoms with Crippen LogP contribution in [0.5, 0.6) is 0 Å². The van der Waals surface area contributed by atoms with Gasteiger partial charge in [-0.3, -0.25) is 10.1 Å². The summed E-state index contributed by atoms with van der Waals surface area (Å²) in [6, 6.07) is 14.4. The summed E-state index contributed by atoms with van der Waals surface area (Å²) >= 11 is 0. The van der Waals surface area contributed by atoms with Crippen molar-refractivity contribution in [3.8, 4) is 34.0 Å². The lowest BCUT2D eigenvalue weighted by Crippen LogP contribution is -2.56. The molecule has 0 atom stereocenters. The predicted octanol–water partition coefficient (Wildman–Crippen LogP) is 3.48. The highest BCUT2D eigenvalue weighted by Crippen LogP contribution is 2.31. The number of rotatable bonds is 4. The molecule has 10 nitrogen and oxygen atoms in total. The molecule has 0 aliphatic carbocycles. The molecule has 6 heterocycles. The molecular weight excluding hydrogens is 452 g/mol. The Kier molecular flexibility index (Phi) is 4.55. The Balaban J connectivity index is 1.31. The van der Waals surface area contributed by atoms with E-state index in [1.807, 2.05) is 18.2 Å². The van der Waals surface area contributed by atoms with Crippen molar-refractivity contribution in [1.82, 2.24) is 40.1 Å². The van der Waals surface area contributed by atoms with Crippen molar-refractivity contribution in [2.75, 3.05) is 18.0 Å². The van der Waals surface area contributed by atoms with Crippen LogP contribution < -0.4 is 10.6 Å². The number of hydrogen-bond acceptors (Lipinski definition) is 8. The normalized spacial score (nSPS) is 14.0. The van der Waals surface area contributed by atoms with E-state index in [2.05, 4.69) is 61.2 Å². The Bertz CT molecular complexity index is 1740. The van der Waals surface area contributed by atoms with E-state index in [-0.39, 0.29) is 6.04 Å². The van der Waals surface area contributed by atoms with Crippen LogP contribution in [0.4, 0.5) is 5.82 Å². The predicted molar refractivity (Wildman–Crippen MR) is 138 cm³/mol. The quantitative estimate of drug-likeness (QED) is 0.353. The minimum atomic E-state index is 0.183. The van der Waals surface area contributed by atoms with Gasteiger partial charge in [-0.15, -0.1) is 0 Å². The van der Waals surface area contributed by atoms with Gasteiger partial charge in [0.1, 0.15) is 17.0 Å². The van der Waals surface area contributed by atoms with E-state index in [4.69, 9.17) is 20.7 Å². The van der Waals surface area contributed by atoms with Crippen LogP contribution in [0.15, 0.2) is 61.1 Å². The number of aromatic amines is 2. The molecule has 176 valence electrons. The number of aromatic nitrogens is 8. The van der Waals surface area contributed by atoms with Crippen molar-refractivity contribution in [2.24, 2.45) is 5.73 Å². The van der Waals surface area contributed by atoms with Crippen molar-refractivity contribution in [2.45, 2.75) is 13.0 Å². The molecule has 1 saturated heterocycles. The lowest BCUT2D eigenvalue weighted by molar-refractivity contribution is 0.514. The average Bonchev–Trinajstić information content (AvgIpc) is 3.50. The van der Waals surface area contributed by atoms with E-state index >= 15 is 0 Å². The zero-order chi connectivity index (χ0) is 24.2. The van der Waals surface area contributed by atoms with Crippen molar-refractivity contribution in [3.05, 3.63) is 66.6 Å². The molecule has 0 unspecified atom stereocenters. The number of H-pyrrole nitrogens is 2. The van der Waals surface area contributed by atoms with Crippen molar-refractivity contribution < 1.29 is 0 Å². The molecule has 1 fully saturated rings. The minimum Gasteiger partial charge on any atom is -0.352 e. The topological polar surface area (TPSA) is 138 Å². The third kappa shape index (κ3) is 3.38. The molecule has 0 saturated carbocycles. The highest BCUT2D eigenvalue weighted by atomic mass is 15.3. The lowest BCUT2D eigenvalue weighted by atomic mass is 10.0. The molecule has 1 aliphatic rings. The van der Waals surface area contributed by atoms with Crippen LogP contribution in [0.25, 0.3) is 56.2 Å². The Labute approximate surface area is 205 Å². The summed E-state index contributed by atoms with van der Waals surface area (Å²) in [5.74, 6) is 1.40. The first-order valence-electron chi connectivity index (χ1n) is 11.7. The van der Waals surface area contributed by atoms with E-state index in [0.717, 1.165) is 41.1 Å². The van der Waals surface area contributed by atoms with Gasteiger partial charge in [-0.2, -0.15) is 5.10 Å². The second-order valence-electron chi connectivity index (χ2n) is 9.10. The van der Waals surface area contributed by atoms with Gasteiger partial charge in [-0.05, 0) is 30.7 Å². The Morgan fingerprint density at radius 2 is 1.92 bits per heavy atom. The fourth-order valence-corrected chi connectivity index (χ4v) is 4.61. The fourth-order valence-electron chi connectivity index (χ4n) is 4.61. The summed E-state index contributed by atoms with van der Waals surface area (Å²) < 4.78 is 0. The van der Waals surface area contributed by atoms with Crippen LogP contribution in [0.1, 0.15) is 5.56 Å². The van der Waals surface area contributed by atoms with Gasteiger partial charge in [0.25, 0.3) is 0 Å². The number of benzene rings is 1. The number of pyridine rings is 2. The monoisotopic (exact) mass is 474 g/mol. The largest absolute Gasteiger partial charge is 0.352 e. The first-order chi connectivity index (χ1) is 17.6. The Morgan fingerprint density at radius 3 is 2.78 bits per heavy atom. The van der Waals surface area contributed by atoms with E-state index < -0.39 is 0 Å². The maximum Gasteiger partial charge on any atom is 0.178 e. The minimum absolute atomic E-state index is 0.183. The van der Waals surface area contributed by atoms with Crippen LogP contribution in [-0.2, 0) is 0 Å². The van der Waals surface area contributed by atoms with E-state index in [9.17, 15) is 0 Å². The third-order valence-electron chi connectivity index (χ3n) is 6.47. The second-order valence-corrected chi connectivity index (χ2v) is 9.10. The molecule has 0 bridgehead atoms. The molecule has 0 amide bonds. The Morgan fingerprint density at radius 1 is 1.00 bits per heavy atom. The zero-order valence-electron chi connectivity index (χ0n) is 19.5. The van der Waals surface area contributed by atoms with E-state index in [1.165, 1.54) is 5.56 Å². The van der Waals surface area contributed by atoms with Crippen molar-refractivity contribution >= 4 is 28.0 Å². The van der Waals surface area contributed by atoms with Crippen LogP contribution >= 0.6 is 0 Å². The fraction of sp³-hybridized carbons (Fsp3) is 0.154. The van der Waals surface area contributed by atoms with Gasteiger partial charge in [-0.1, -0.05) is 29.8 Å². The van der Waals surface area contributed by atoms with Crippen molar-refractivity contribution in [3.63, 3.8) is 0 Å². The lowest BCUT2D eigenvalue weighted by Gasteiger charge is -2.37. The maximum atomic E-state index is 5.93. The number of nitrogens with two attached hydrogens (primary N) is 1. The highest BCUT2D eigenvalue weighted by molar-refractivity contribution is 5.94. The van der Waals surface area contributed by atoms with E-state index in [1.54, 1.807) is 18.6 Å². The number of fused-ring (bicyclic) bond motifs is 2. The van der Waals surface area contributed by atoms with Gasteiger partial charge in [0, 0.05) is 30.9 Å². The molecular formula is C26H22N10. The first kappa shape index (κ1) is 20.7. The highest BCUT2D eigenvalue weighted by Gasteiger charge is 2.25. The number of nitrogens with zero attached hydrogens (tertiary/aromatic N) is 7. The van der Waals surface area contributed by atoms with Gasteiger partial charge in [0.2, 0.25) is 0 Å². The molecule has 6 aromatic rings. The van der Waals surface area contributed by atoms with Gasteiger partial charge < -0.3 is 15.6 Å². The summed E-state index contributed by atoms with van der Waals surface area (Å²) in [6.07, 6.45) is 5.25. The number of aryl methyl sites for hydroxylation is 1. The average molecular weight is 475 g/mol. The van der Waals surface area contributed by atoms with Gasteiger partial charge in [0.15, 0.2) is 17.2 Å². The summed E-state index contributed by atoms with van der Waals surface area (Å²) in [5.41, 5.74) is 14.3. The number of anilines is 1. The summed E-state index contributed by atoms with van der Waals surface area (Å²) in [5, 5.41) is 7.59. The molecule has 36 heavy (non-hydrogen) atoms. The molecule has 0 spiro atoms. The summed E-state index contributed by atoms with van der Waals surface area (Å²) in [7, 11) is 0. The Hall–Kier alpha value is -4.70. The second kappa shape index (κ2) is 7.92. The molecule has 1 aliphatic heterocycles. The zero-order valence-corrected chi connectivity index (χ0v) is 19.5. The molecule has 10 heteroatoms. The number of hydrogen-bond donors (Lipinski definition) is 3. The van der Waals surface area contributed by atoms with Crippen LogP contribution in [0.2, 0.25) is 0 Å². The summed E-state index contributed by atoms with van der Waals surface area (Å²) in [6.45, 7) is 3.64. The van der Waals surface area contributed by atoms with E-state index in [0.29, 0.717) is 34.1 Å². The van der Waals surface area contributed by atoms with Crippen LogP contribution in [-0.4, -0.2) is 59.2 Å². The smallest absolute Gasteiger partial charge is 0.178 e. The first-order valence-corrected chi connectivity index (χ1v) is 11.7. The molecule has 0 radical (unpaired) electrons. The standard InChI is InChI=1S/C26H22N10/c1-14-3-2-4-15(9-14)17-7-8-29-25-22(17)32-26(33-25)24-23-19(34-35-24)6-5-18(31-23)20-10-28-11-21(30-20)36-12-16(27)13-36/h2-11,16H,12-13,27H2,1H3,(H,34,35)(H,29,32,33). The number of imidazole rings is 1. The van der Waals surface area contributed by atoms with Gasteiger partial charge in [0.05, 0.1) is 29.1 Å². The van der Waals surface area contributed by atoms with Gasteiger partial charge >= 0.3 is 0 Å².